The highest BCUT2D eigenvalue weighted by Crippen LogP contribution is 2.29. The largest absolute Gasteiger partial charge is 0.457 e. The molecule has 1 N–H and O–H groups in total. The second-order valence-electron chi connectivity index (χ2n) is 8.79. The van der Waals surface area contributed by atoms with Gasteiger partial charge < -0.3 is 9.84 Å². The van der Waals surface area contributed by atoms with Crippen LogP contribution in [0.15, 0.2) is 30.3 Å². The van der Waals surface area contributed by atoms with Gasteiger partial charge in [-0.25, -0.2) is 4.79 Å². The van der Waals surface area contributed by atoms with Crippen LogP contribution in [0.1, 0.15) is 61.8 Å². The monoisotopic (exact) mass is 392 g/mol. The lowest BCUT2D eigenvalue weighted by Gasteiger charge is -2.39. The molecule has 0 amide bonds. The fourth-order valence-electron chi connectivity index (χ4n) is 3.05. The number of benzene rings is 1. The maximum Gasteiger partial charge on any atom is 0.346 e. The number of carbonyl (C=O) groups is 2. The van der Waals surface area contributed by atoms with Crippen molar-refractivity contribution in [2.45, 2.75) is 78.7 Å². The van der Waals surface area contributed by atoms with Crippen LogP contribution in [0.25, 0.3) is 0 Å². The number of hydrogen-bond donors (Lipinski definition) is 1. The highest BCUT2D eigenvalue weighted by molar-refractivity contribution is 6.09. The third kappa shape index (κ3) is 5.89. The third-order valence-electron chi connectivity index (χ3n) is 4.88. The van der Waals surface area contributed by atoms with Crippen LogP contribution in [0, 0.1) is 11.8 Å². The molecular weight excluding hydrogens is 354 g/mol. The van der Waals surface area contributed by atoms with E-state index in [1.54, 1.807) is 53.5 Å². The number of likely N-dealkylation sites (N-methyl/N-ethyl adjacent to an activating group) is 1. The number of rotatable bonds is 9. The molecule has 0 heterocycles. The average molecular weight is 393 g/mol. The van der Waals surface area contributed by atoms with Gasteiger partial charge in [0.25, 0.3) is 0 Å². The summed E-state index contributed by atoms with van der Waals surface area (Å²) in [7, 11) is 1.68. The Balaban J connectivity index is 3.42. The minimum Gasteiger partial charge on any atom is -0.457 e. The lowest BCUT2D eigenvalue weighted by molar-refractivity contribution is -0.187. The summed E-state index contributed by atoms with van der Waals surface area (Å²) in [6.45, 7) is 12.2. The van der Waals surface area contributed by atoms with Gasteiger partial charge in [-0.05, 0) is 39.3 Å². The number of nitrogens with zero attached hydrogens (tertiary/aromatic N) is 1. The van der Waals surface area contributed by atoms with Crippen LogP contribution < -0.4 is 0 Å². The first-order valence-corrected chi connectivity index (χ1v) is 9.97. The van der Waals surface area contributed by atoms with Gasteiger partial charge in [-0.1, -0.05) is 64.4 Å². The van der Waals surface area contributed by atoms with E-state index in [-0.39, 0.29) is 0 Å². The molecule has 5 heteroatoms. The van der Waals surface area contributed by atoms with E-state index < -0.39 is 40.8 Å². The van der Waals surface area contributed by atoms with E-state index >= 15 is 0 Å². The Bertz CT molecular complexity index is 701. The molecule has 0 saturated carbocycles. The molecule has 0 fully saturated rings. The SMILES string of the molecule is [2H][C@@](C(=O)C(O)(C(=O)OC(C)(C)C)C(C)C)([C@@H](C)CC)N(C)Cc1ccccc1. The third-order valence-corrected chi connectivity index (χ3v) is 4.88. The number of Topliss-reactive ketones (excluding diaryl/α,β-unsaturated/α-hetero) is 1. The molecule has 0 aromatic heterocycles. The Hall–Kier alpha value is -1.72. The molecule has 3 atom stereocenters. The first-order chi connectivity index (χ1) is 13.2. The van der Waals surface area contributed by atoms with Crippen molar-refractivity contribution in [3.8, 4) is 0 Å². The van der Waals surface area contributed by atoms with Gasteiger partial charge in [0.15, 0.2) is 5.78 Å². The Labute approximate surface area is 171 Å². The molecule has 0 bridgehead atoms. The Kier molecular flexibility index (Phi) is 7.79. The van der Waals surface area contributed by atoms with Crippen molar-refractivity contribution in [2.24, 2.45) is 11.8 Å². The summed E-state index contributed by atoms with van der Waals surface area (Å²) < 4.78 is 14.5. The molecule has 0 aliphatic rings. The first-order valence-electron chi connectivity index (χ1n) is 10.5. The van der Waals surface area contributed by atoms with Crippen LogP contribution in [0.2, 0.25) is 0 Å². The van der Waals surface area contributed by atoms with Crippen molar-refractivity contribution in [2.75, 3.05) is 7.05 Å². The van der Waals surface area contributed by atoms with Gasteiger partial charge in [0.1, 0.15) is 5.60 Å². The summed E-state index contributed by atoms with van der Waals surface area (Å²) in [5, 5.41) is 11.3. The molecule has 1 aromatic carbocycles. The smallest absolute Gasteiger partial charge is 0.346 e. The van der Waals surface area contributed by atoms with Gasteiger partial charge in [-0.3, -0.25) is 9.69 Å². The van der Waals surface area contributed by atoms with E-state index in [0.717, 1.165) is 5.56 Å². The minimum atomic E-state index is -2.41. The quantitative estimate of drug-likeness (QED) is 0.511. The maximum absolute atomic E-state index is 13.7. The van der Waals surface area contributed by atoms with E-state index in [1.807, 2.05) is 37.3 Å². The van der Waals surface area contributed by atoms with Crippen molar-refractivity contribution >= 4 is 11.8 Å². The Morgan fingerprint density at radius 1 is 1.18 bits per heavy atom. The van der Waals surface area contributed by atoms with Crippen molar-refractivity contribution in [3.05, 3.63) is 35.9 Å². The van der Waals surface area contributed by atoms with Crippen LogP contribution in [0.3, 0.4) is 0 Å². The Morgan fingerprint density at radius 2 is 1.71 bits per heavy atom. The number of hydrogen-bond acceptors (Lipinski definition) is 5. The lowest BCUT2D eigenvalue weighted by atomic mass is 9.78. The van der Waals surface area contributed by atoms with Crippen molar-refractivity contribution in [1.82, 2.24) is 4.90 Å². The van der Waals surface area contributed by atoms with E-state index in [1.165, 1.54) is 0 Å². The zero-order chi connectivity index (χ0) is 22.6. The topological polar surface area (TPSA) is 66.8 Å². The zero-order valence-electron chi connectivity index (χ0n) is 19.6. The molecule has 0 saturated heterocycles. The maximum atomic E-state index is 13.7. The molecule has 0 spiro atoms. The van der Waals surface area contributed by atoms with Crippen molar-refractivity contribution in [3.63, 3.8) is 0 Å². The molecular formula is C23H37NO4. The van der Waals surface area contributed by atoms with Crippen LogP contribution in [0.4, 0.5) is 0 Å². The van der Waals surface area contributed by atoms with Crippen LogP contribution in [-0.2, 0) is 20.9 Å². The van der Waals surface area contributed by atoms with Crippen LogP contribution in [0.5, 0.6) is 0 Å². The van der Waals surface area contributed by atoms with E-state index in [0.29, 0.717) is 13.0 Å². The molecule has 1 rings (SSSR count). The number of esters is 1. The fourth-order valence-corrected chi connectivity index (χ4v) is 3.05. The zero-order valence-corrected chi connectivity index (χ0v) is 18.6. The number of carbonyl (C=O) groups excluding carboxylic acids is 2. The van der Waals surface area contributed by atoms with Crippen molar-refractivity contribution < 1.29 is 20.8 Å². The number of aliphatic hydroxyl groups is 1. The van der Waals surface area contributed by atoms with Crippen LogP contribution in [-0.4, -0.2) is 46.0 Å². The standard InChI is InChI=1S/C23H37NO4/c1-9-17(4)19(24(8)15-18-13-11-10-12-14-18)20(25)23(27,16(2)3)21(26)28-22(5,6)7/h10-14,16-17,19,27H,9,15H2,1-8H3/t17-,19-,23?/m0/s1/i19D. The van der Waals surface area contributed by atoms with Gasteiger partial charge in [0.2, 0.25) is 5.60 Å². The Morgan fingerprint density at radius 3 is 2.14 bits per heavy atom. The predicted octanol–water partition coefficient (Wildman–Crippen LogP) is 3.83. The van der Waals surface area contributed by atoms with E-state index in [9.17, 15) is 14.7 Å². The van der Waals surface area contributed by atoms with E-state index in [4.69, 9.17) is 6.11 Å². The number of ether oxygens (including phenoxy) is 1. The summed E-state index contributed by atoms with van der Waals surface area (Å²) >= 11 is 0. The molecule has 0 aliphatic heterocycles. The summed E-state index contributed by atoms with van der Waals surface area (Å²) in [5.41, 5.74) is -2.34. The van der Waals surface area contributed by atoms with Gasteiger partial charge >= 0.3 is 5.97 Å². The van der Waals surface area contributed by atoms with Gasteiger partial charge in [-0.2, -0.15) is 0 Å². The molecule has 1 aromatic rings. The molecule has 0 radical (unpaired) electrons. The predicted molar refractivity (Wildman–Crippen MR) is 112 cm³/mol. The van der Waals surface area contributed by atoms with E-state index in [2.05, 4.69) is 0 Å². The second kappa shape index (κ2) is 9.66. The van der Waals surface area contributed by atoms with Gasteiger partial charge in [0.05, 0.1) is 7.39 Å². The summed E-state index contributed by atoms with van der Waals surface area (Å²) in [6.07, 6.45) is 0.539. The minimum absolute atomic E-state index is 0.336. The highest BCUT2D eigenvalue weighted by Gasteiger charge is 2.53. The first kappa shape index (κ1) is 22.6. The lowest BCUT2D eigenvalue weighted by Crippen LogP contribution is -2.61. The fraction of sp³-hybridized carbons (Fsp3) is 0.652. The highest BCUT2D eigenvalue weighted by atomic mass is 16.6. The van der Waals surface area contributed by atoms with Crippen molar-refractivity contribution in [1.29, 1.82) is 0 Å². The average Bonchev–Trinajstić information content (AvgIpc) is 2.64. The van der Waals surface area contributed by atoms with Crippen LogP contribution >= 0.6 is 0 Å². The summed E-state index contributed by atoms with van der Waals surface area (Å²) in [6, 6.07) is 7.72. The second-order valence-corrected chi connectivity index (χ2v) is 8.79. The summed E-state index contributed by atoms with van der Waals surface area (Å²) in [4.78, 5) is 28.2. The molecule has 28 heavy (non-hydrogen) atoms. The normalized spacial score (nSPS) is 18.2. The molecule has 5 nitrogen and oxygen atoms in total. The van der Waals surface area contributed by atoms with Gasteiger partial charge in [-0.15, -0.1) is 0 Å². The molecule has 0 aliphatic carbocycles. The van der Waals surface area contributed by atoms with Gasteiger partial charge in [0, 0.05) is 12.5 Å². The molecule has 1 unspecified atom stereocenters. The summed E-state index contributed by atoms with van der Waals surface area (Å²) in [5.74, 6) is -3.01. The number of ketones is 1. The molecule has 158 valence electrons.